The van der Waals surface area contributed by atoms with Gasteiger partial charge in [-0.25, -0.2) is 4.98 Å². The van der Waals surface area contributed by atoms with Gasteiger partial charge in [-0.1, -0.05) is 22.0 Å². The summed E-state index contributed by atoms with van der Waals surface area (Å²) in [6, 6.07) is 11.1. The normalized spacial score (nSPS) is 10.6. The Morgan fingerprint density at radius 2 is 2.11 bits per heavy atom. The summed E-state index contributed by atoms with van der Waals surface area (Å²) in [4.78, 5) is 19.3. The lowest BCUT2D eigenvalue weighted by atomic mass is 10.1. The van der Waals surface area contributed by atoms with E-state index in [0.717, 1.165) is 15.4 Å². The Morgan fingerprint density at radius 3 is 2.95 bits per heavy atom. The molecular formula is C14H10BrN3O. The van der Waals surface area contributed by atoms with Crippen LogP contribution in [0.25, 0.3) is 10.9 Å². The third-order valence-corrected chi connectivity index (χ3v) is 3.27. The highest BCUT2D eigenvalue weighted by atomic mass is 79.9. The quantitative estimate of drug-likeness (QED) is 0.759. The molecule has 0 saturated carbocycles. The van der Waals surface area contributed by atoms with Crippen LogP contribution in [-0.2, 0) is 0 Å². The molecule has 0 aliphatic rings. The number of pyridine rings is 1. The van der Waals surface area contributed by atoms with Crippen molar-refractivity contribution in [3.63, 3.8) is 0 Å². The Labute approximate surface area is 118 Å². The second kappa shape index (κ2) is 4.85. The molecule has 0 radical (unpaired) electrons. The molecule has 1 amide bonds. The number of rotatable bonds is 2. The maximum Gasteiger partial charge on any atom is 0.256 e. The summed E-state index contributed by atoms with van der Waals surface area (Å²) >= 11 is 3.34. The second-order valence-electron chi connectivity index (χ2n) is 4.09. The number of nitrogens with zero attached hydrogens (tertiary/aromatic N) is 1. The first kappa shape index (κ1) is 11.9. The molecule has 19 heavy (non-hydrogen) atoms. The molecule has 0 spiro atoms. The van der Waals surface area contributed by atoms with Crippen molar-refractivity contribution in [1.29, 1.82) is 0 Å². The Hall–Kier alpha value is -2.14. The van der Waals surface area contributed by atoms with Crippen molar-refractivity contribution in [3.05, 3.63) is 58.8 Å². The molecule has 0 fully saturated rings. The largest absolute Gasteiger partial charge is 0.361 e. The zero-order valence-electron chi connectivity index (χ0n) is 9.85. The van der Waals surface area contributed by atoms with E-state index in [-0.39, 0.29) is 5.91 Å². The third kappa shape index (κ3) is 2.51. The topological polar surface area (TPSA) is 57.8 Å². The molecule has 3 rings (SSSR count). The van der Waals surface area contributed by atoms with Crippen LogP contribution in [0.3, 0.4) is 0 Å². The van der Waals surface area contributed by atoms with Gasteiger partial charge in [0.2, 0.25) is 0 Å². The van der Waals surface area contributed by atoms with Gasteiger partial charge >= 0.3 is 0 Å². The van der Waals surface area contributed by atoms with Gasteiger partial charge in [0.25, 0.3) is 5.91 Å². The van der Waals surface area contributed by atoms with Crippen LogP contribution in [0.1, 0.15) is 10.4 Å². The first-order valence-electron chi connectivity index (χ1n) is 5.72. The number of halogens is 1. The molecule has 2 N–H and O–H groups in total. The molecule has 5 heteroatoms. The highest BCUT2D eigenvalue weighted by Gasteiger charge is 2.08. The van der Waals surface area contributed by atoms with E-state index in [1.54, 1.807) is 24.4 Å². The summed E-state index contributed by atoms with van der Waals surface area (Å²) in [5, 5.41) is 3.84. The van der Waals surface area contributed by atoms with Crippen LogP contribution in [0, 0.1) is 0 Å². The number of aromatic nitrogens is 2. The van der Waals surface area contributed by atoms with Crippen LogP contribution in [0.2, 0.25) is 0 Å². The summed E-state index contributed by atoms with van der Waals surface area (Å²) in [5.41, 5.74) is 1.53. The molecule has 3 aromatic rings. The molecule has 1 aromatic carbocycles. The van der Waals surface area contributed by atoms with Crippen molar-refractivity contribution < 1.29 is 4.79 Å². The van der Waals surface area contributed by atoms with Crippen LogP contribution < -0.4 is 5.32 Å². The van der Waals surface area contributed by atoms with Gasteiger partial charge in [0.05, 0.1) is 0 Å². The first-order chi connectivity index (χ1) is 9.22. The summed E-state index contributed by atoms with van der Waals surface area (Å²) in [6.45, 7) is 0. The zero-order valence-corrected chi connectivity index (χ0v) is 11.4. The maximum atomic E-state index is 12.1. The molecule has 0 saturated heterocycles. The molecule has 2 heterocycles. The van der Waals surface area contributed by atoms with E-state index in [9.17, 15) is 4.79 Å². The van der Waals surface area contributed by atoms with E-state index in [1.165, 1.54) is 0 Å². The fourth-order valence-corrected chi connectivity index (χ4v) is 2.19. The summed E-state index contributed by atoms with van der Waals surface area (Å²) in [5.74, 6) is 0.341. The smallest absolute Gasteiger partial charge is 0.256 e. The highest BCUT2D eigenvalue weighted by Crippen LogP contribution is 2.16. The van der Waals surface area contributed by atoms with Gasteiger partial charge in [0, 0.05) is 27.9 Å². The molecule has 4 nitrogen and oxygen atoms in total. The first-order valence-corrected chi connectivity index (χ1v) is 6.52. The van der Waals surface area contributed by atoms with Crippen LogP contribution in [0.15, 0.2) is 53.3 Å². The second-order valence-corrected chi connectivity index (χ2v) is 5.01. The van der Waals surface area contributed by atoms with Crippen molar-refractivity contribution in [2.45, 2.75) is 0 Å². The maximum absolute atomic E-state index is 12.1. The Bertz CT molecular complexity index is 751. The van der Waals surface area contributed by atoms with Crippen LogP contribution in [0.5, 0.6) is 0 Å². The van der Waals surface area contributed by atoms with Crippen molar-refractivity contribution in [3.8, 4) is 0 Å². The van der Waals surface area contributed by atoms with E-state index in [4.69, 9.17) is 0 Å². The fraction of sp³-hybridized carbons (Fsp3) is 0. The van der Waals surface area contributed by atoms with Crippen molar-refractivity contribution in [1.82, 2.24) is 9.97 Å². The number of hydrogen-bond donors (Lipinski definition) is 2. The molecule has 0 aliphatic carbocycles. The minimum absolute atomic E-state index is 0.179. The van der Waals surface area contributed by atoms with E-state index >= 15 is 0 Å². The summed E-state index contributed by atoms with van der Waals surface area (Å²) in [6.07, 6.45) is 3.48. The standard InChI is InChI=1S/C14H10BrN3O/c15-11-4-6-17-13(8-11)18-14(19)10-2-1-9-3-5-16-12(9)7-10/h1-8,16H,(H,17,18,19). The lowest BCUT2D eigenvalue weighted by molar-refractivity contribution is 0.102. The predicted molar refractivity (Wildman–Crippen MR) is 78.2 cm³/mol. The Balaban J connectivity index is 1.87. The number of carbonyl (C=O) groups is 1. The minimum atomic E-state index is -0.179. The predicted octanol–water partition coefficient (Wildman–Crippen LogP) is 3.58. The van der Waals surface area contributed by atoms with Crippen molar-refractivity contribution >= 4 is 38.6 Å². The van der Waals surface area contributed by atoms with E-state index < -0.39 is 0 Å². The molecule has 0 bridgehead atoms. The number of amides is 1. The van der Waals surface area contributed by atoms with Gasteiger partial charge in [0.15, 0.2) is 0 Å². The molecule has 0 aliphatic heterocycles. The van der Waals surface area contributed by atoms with Crippen LogP contribution >= 0.6 is 15.9 Å². The van der Waals surface area contributed by atoms with Gasteiger partial charge in [-0.3, -0.25) is 4.79 Å². The summed E-state index contributed by atoms with van der Waals surface area (Å²) < 4.78 is 0.873. The minimum Gasteiger partial charge on any atom is -0.361 e. The van der Waals surface area contributed by atoms with Gasteiger partial charge in [-0.15, -0.1) is 0 Å². The van der Waals surface area contributed by atoms with E-state index in [0.29, 0.717) is 11.4 Å². The average molecular weight is 316 g/mol. The number of hydrogen-bond acceptors (Lipinski definition) is 2. The number of benzene rings is 1. The average Bonchev–Trinajstić information content (AvgIpc) is 2.85. The Morgan fingerprint density at radius 1 is 1.21 bits per heavy atom. The molecule has 0 atom stereocenters. The number of carbonyl (C=O) groups excluding carboxylic acids is 1. The van der Waals surface area contributed by atoms with Crippen molar-refractivity contribution in [2.24, 2.45) is 0 Å². The van der Waals surface area contributed by atoms with Crippen LogP contribution in [-0.4, -0.2) is 15.9 Å². The monoisotopic (exact) mass is 315 g/mol. The van der Waals surface area contributed by atoms with Gasteiger partial charge in [0.1, 0.15) is 5.82 Å². The third-order valence-electron chi connectivity index (χ3n) is 2.78. The zero-order chi connectivity index (χ0) is 13.2. The Kier molecular flexibility index (Phi) is 3.05. The SMILES string of the molecule is O=C(Nc1cc(Br)ccn1)c1ccc2cc[nH]c2c1. The number of fused-ring (bicyclic) bond motifs is 1. The molecular weight excluding hydrogens is 306 g/mol. The number of nitrogens with one attached hydrogen (secondary N) is 2. The summed E-state index contributed by atoms with van der Waals surface area (Å²) in [7, 11) is 0. The number of aromatic amines is 1. The number of H-pyrrole nitrogens is 1. The highest BCUT2D eigenvalue weighted by molar-refractivity contribution is 9.10. The fourth-order valence-electron chi connectivity index (χ4n) is 1.85. The van der Waals surface area contributed by atoms with Crippen LogP contribution in [0.4, 0.5) is 5.82 Å². The molecule has 94 valence electrons. The lowest BCUT2D eigenvalue weighted by Gasteiger charge is -2.04. The molecule has 0 unspecified atom stereocenters. The van der Waals surface area contributed by atoms with Gasteiger partial charge in [-0.2, -0.15) is 0 Å². The van der Waals surface area contributed by atoms with Gasteiger partial charge in [-0.05, 0) is 35.7 Å². The molecule has 2 aromatic heterocycles. The van der Waals surface area contributed by atoms with E-state index in [1.807, 2.05) is 24.4 Å². The number of anilines is 1. The van der Waals surface area contributed by atoms with Crippen molar-refractivity contribution in [2.75, 3.05) is 5.32 Å². The van der Waals surface area contributed by atoms with E-state index in [2.05, 4.69) is 31.2 Å². The van der Waals surface area contributed by atoms with Gasteiger partial charge < -0.3 is 10.3 Å². The lowest BCUT2D eigenvalue weighted by Crippen LogP contribution is -2.12.